The molecule has 3 nitrogen and oxygen atoms in total. The summed E-state index contributed by atoms with van der Waals surface area (Å²) in [4.78, 5) is 4.33. The number of ether oxygens (including phenoxy) is 2. The van der Waals surface area contributed by atoms with Gasteiger partial charge in [-0.05, 0) is 67.3 Å². The van der Waals surface area contributed by atoms with Gasteiger partial charge in [-0.3, -0.25) is 4.98 Å². The lowest BCUT2D eigenvalue weighted by molar-refractivity contribution is 0.306. The summed E-state index contributed by atoms with van der Waals surface area (Å²) >= 11 is 0. The topological polar surface area (TPSA) is 31.4 Å². The van der Waals surface area contributed by atoms with E-state index in [0.717, 1.165) is 40.3 Å². The molecule has 0 fully saturated rings. The normalized spacial score (nSPS) is 10.7. The van der Waals surface area contributed by atoms with Crippen LogP contribution in [0.5, 0.6) is 5.75 Å². The van der Waals surface area contributed by atoms with Crippen molar-refractivity contribution in [2.24, 2.45) is 0 Å². The summed E-state index contributed by atoms with van der Waals surface area (Å²) in [5, 5.41) is 0. The molecule has 0 radical (unpaired) electrons. The highest BCUT2D eigenvalue weighted by Gasteiger charge is 2.07. The molecule has 0 N–H and O–H groups in total. The lowest BCUT2D eigenvalue weighted by Gasteiger charge is -2.11. The maximum atomic E-state index is 5.88. The second kappa shape index (κ2) is 12.4. The van der Waals surface area contributed by atoms with Gasteiger partial charge in [0.05, 0.1) is 7.11 Å². The van der Waals surface area contributed by atoms with Crippen molar-refractivity contribution in [3.63, 3.8) is 0 Å². The largest absolute Gasteiger partial charge is 0.496 e. The van der Waals surface area contributed by atoms with Gasteiger partial charge in [-0.15, -0.1) is 0 Å². The van der Waals surface area contributed by atoms with Crippen LogP contribution in [-0.4, -0.2) is 12.1 Å². The molecule has 1 aromatic heterocycles. The van der Waals surface area contributed by atoms with Crippen molar-refractivity contribution in [3.05, 3.63) is 113 Å². The highest BCUT2D eigenvalue weighted by atomic mass is 16.5. The molecule has 0 spiro atoms. The Balaban J connectivity index is 0.00000166. The van der Waals surface area contributed by atoms with Crippen LogP contribution in [-0.2, 0) is 17.8 Å². The maximum Gasteiger partial charge on any atom is 0.128 e. The fourth-order valence-corrected chi connectivity index (χ4v) is 3.04. The van der Waals surface area contributed by atoms with Crippen LogP contribution in [0.2, 0.25) is 0 Å². The number of allylic oxidation sites excluding steroid dienone is 2. The third kappa shape index (κ3) is 7.45. The average molecular weight is 416 g/mol. The summed E-state index contributed by atoms with van der Waals surface area (Å²) in [6.07, 6.45) is 4.50. The lowest BCUT2D eigenvalue weighted by Crippen LogP contribution is -1.97. The molecule has 162 valence electrons. The molecule has 0 aliphatic carbocycles. The van der Waals surface area contributed by atoms with Gasteiger partial charge in [0.25, 0.3) is 0 Å². The van der Waals surface area contributed by atoms with E-state index < -0.39 is 0 Å². The zero-order chi connectivity index (χ0) is 22.6. The number of aromatic nitrogens is 1. The quantitative estimate of drug-likeness (QED) is 0.291. The molecule has 0 saturated heterocycles. The number of rotatable bonds is 8. The number of nitrogens with zero attached hydrogens (tertiary/aromatic N) is 1. The number of hydrogen-bond donors (Lipinski definition) is 0. The number of aryl methyl sites for hydroxylation is 2. The Hall–Kier alpha value is -3.33. The van der Waals surface area contributed by atoms with E-state index in [9.17, 15) is 0 Å². The monoisotopic (exact) mass is 415 g/mol. The molecule has 0 aliphatic heterocycles. The number of benzene rings is 2. The van der Waals surface area contributed by atoms with Crippen molar-refractivity contribution >= 4 is 5.76 Å². The first-order chi connectivity index (χ1) is 15.0. The second-order valence-electron chi connectivity index (χ2n) is 7.10. The van der Waals surface area contributed by atoms with E-state index in [2.05, 4.69) is 54.9 Å². The Labute approximate surface area is 187 Å². The molecule has 0 atom stereocenters. The van der Waals surface area contributed by atoms with Gasteiger partial charge in [-0.2, -0.15) is 0 Å². The van der Waals surface area contributed by atoms with Crippen LogP contribution in [0.1, 0.15) is 41.8 Å². The molecule has 2 aromatic carbocycles. The van der Waals surface area contributed by atoms with E-state index in [1.807, 2.05) is 51.1 Å². The van der Waals surface area contributed by atoms with Gasteiger partial charge < -0.3 is 9.47 Å². The van der Waals surface area contributed by atoms with Gasteiger partial charge in [0, 0.05) is 17.5 Å². The van der Waals surface area contributed by atoms with Crippen LogP contribution in [0.3, 0.4) is 0 Å². The number of hydrogen-bond acceptors (Lipinski definition) is 3. The zero-order valence-electron chi connectivity index (χ0n) is 19.3. The van der Waals surface area contributed by atoms with E-state index in [-0.39, 0.29) is 0 Å². The van der Waals surface area contributed by atoms with Gasteiger partial charge in [-0.25, -0.2) is 0 Å². The van der Waals surface area contributed by atoms with Crippen molar-refractivity contribution in [1.29, 1.82) is 0 Å². The SMILES string of the molecule is C=C(/C=C(\OC)c1cccnc1C)Cc1ccc(OCc2ccc(C)cc2)cc1.CC. The zero-order valence-corrected chi connectivity index (χ0v) is 19.3. The smallest absolute Gasteiger partial charge is 0.128 e. The van der Waals surface area contributed by atoms with Crippen LogP contribution >= 0.6 is 0 Å². The summed E-state index contributed by atoms with van der Waals surface area (Å²) in [5.74, 6) is 1.64. The van der Waals surface area contributed by atoms with Gasteiger partial charge in [0.15, 0.2) is 0 Å². The lowest BCUT2D eigenvalue weighted by atomic mass is 10.0. The van der Waals surface area contributed by atoms with Crippen LogP contribution < -0.4 is 4.74 Å². The Bertz CT molecular complexity index is 986. The van der Waals surface area contributed by atoms with E-state index in [1.54, 1.807) is 13.3 Å². The Morgan fingerprint density at radius 1 is 0.935 bits per heavy atom. The minimum atomic E-state index is 0.566. The molecule has 3 aromatic rings. The van der Waals surface area contributed by atoms with Gasteiger partial charge in [0.2, 0.25) is 0 Å². The fourth-order valence-electron chi connectivity index (χ4n) is 3.04. The number of methoxy groups -OCH3 is 1. The Morgan fingerprint density at radius 3 is 2.19 bits per heavy atom. The van der Waals surface area contributed by atoms with E-state index in [0.29, 0.717) is 6.61 Å². The summed E-state index contributed by atoms with van der Waals surface area (Å²) in [6, 6.07) is 20.5. The van der Waals surface area contributed by atoms with Crippen LogP contribution in [0.15, 0.2) is 85.1 Å². The molecule has 0 saturated carbocycles. The van der Waals surface area contributed by atoms with Crippen LogP contribution in [0.25, 0.3) is 5.76 Å². The average Bonchev–Trinajstić information content (AvgIpc) is 2.80. The first-order valence-corrected chi connectivity index (χ1v) is 10.7. The molecule has 3 heteroatoms. The molecule has 0 amide bonds. The Kier molecular flexibility index (Phi) is 9.57. The second-order valence-corrected chi connectivity index (χ2v) is 7.10. The Morgan fingerprint density at radius 2 is 1.58 bits per heavy atom. The molecular formula is C28H33NO2. The predicted octanol–water partition coefficient (Wildman–Crippen LogP) is 7.09. The van der Waals surface area contributed by atoms with Gasteiger partial charge >= 0.3 is 0 Å². The van der Waals surface area contributed by atoms with E-state index in [1.165, 1.54) is 11.1 Å². The van der Waals surface area contributed by atoms with E-state index in [4.69, 9.17) is 9.47 Å². The van der Waals surface area contributed by atoms with Gasteiger partial charge in [-0.1, -0.05) is 62.4 Å². The van der Waals surface area contributed by atoms with Crippen molar-refractivity contribution in [1.82, 2.24) is 4.98 Å². The van der Waals surface area contributed by atoms with Crippen molar-refractivity contribution < 1.29 is 9.47 Å². The standard InChI is InChI=1S/C26H27NO2.C2H6/c1-19-7-9-23(10-8-19)18-29-24-13-11-22(12-14-24)16-20(2)17-26(28-4)25-6-5-15-27-21(25)3;1-2/h5-15,17H,2,16,18H2,1,3-4H3;1-2H3/b26-17-;. The molecule has 31 heavy (non-hydrogen) atoms. The van der Waals surface area contributed by atoms with Crippen molar-refractivity contribution in [2.75, 3.05) is 7.11 Å². The summed E-state index contributed by atoms with van der Waals surface area (Å²) in [7, 11) is 1.67. The highest BCUT2D eigenvalue weighted by Crippen LogP contribution is 2.22. The molecule has 0 unspecified atom stereocenters. The minimum Gasteiger partial charge on any atom is -0.496 e. The van der Waals surface area contributed by atoms with Crippen LogP contribution in [0.4, 0.5) is 0 Å². The minimum absolute atomic E-state index is 0.566. The summed E-state index contributed by atoms with van der Waals surface area (Å²) < 4.78 is 11.4. The maximum absolute atomic E-state index is 5.88. The van der Waals surface area contributed by atoms with E-state index >= 15 is 0 Å². The first-order valence-electron chi connectivity index (χ1n) is 10.7. The third-order valence-electron chi connectivity index (χ3n) is 4.71. The van der Waals surface area contributed by atoms with Gasteiger partial charge in [0.1, 0.15) is 18.1 Å². The molecule has 0 bridgehead atoms. The molecule has 1 heterocycles. The highest BCUT2D eigenvalue weighted by molar-refractivity contribution is 5.64. The van der Waals surface area contributed by atoms with Crippen LogP contribution in [0, 0.1) is 13.8 Å². The fraction of sp³-hybridized carbons (Fsp3) is 0.250. The first kappa shape index (κ1) is 23.9. The number of pyridine rings is 1. The van der Waals surface area contributed by atoms with Crippen molar-refractivity contribution in [3.8, 4) is 5.75 Å². The predicted molar refractivity (Wildman–Crippen MR) is 130 cm³/mol. The molecule has 3 rings (SSSR count). The molecular weight excluding hydrogens is 382 g/mol. The summed E-state index contributed by atoms with van der Waals surface area (Å²) in [6.45, 7) is 12.8. The van der Waals surface area contributed by atoms with Crippen molar-refractivity contribution in [2.45, 2.75) is 40.7 Å². The summed E-state index contributed by atoms with van der Waals surface area (Å²) in [5.41, 5.74) is 6.48. The molecule has 0 aliphatic rings. The third-order valence-corrected chi connectivity index (χ3v) is 4.71.